The zero-order chi connectivity index (χ0) is 21.7. The molecular formula is C22H25N3O4S. The van der Waals surface area contributed by atoms with Crippen molar-refractivity contribution in [2.45, 2.75) is 13.3 Å². The number of allylic oxidation sites excluding steroid dienone is 1. The number of para-hydroxylation sites is 1. The molecule has 1 heterocycles. The molecule has 0 bridgehead atoms. The molecule has 30 heavy (non-hydrogen) atoms. The second kappa shape index (κ2) is 9.13. The van der Waals surface area contributed by atoms with Gasteiger partial charge in [-0.25, -0.2) is 8.42 Å². The van der Waals surface area contributed by atoms with E-state index < -0.39 is 9.84 Å². The van der Waals surface area contributed by atoms with Crippen LogP contribution in [0.2, 0.25) is 0 Å². The van der Waals surface area contributed by atoms with Crippen LogP contribution in [0.15, 0.2) is 54.6 Å². The average molecular weight is 428 g/mol. The summed E-state index contributed by atoms with van der Waals surface area (Å²) in [6.07, 6.45) is 3.06. The molecule has 8 heteroatoms. The maximum atomic E-state index is 13.2. The fourth-order valence-corrected chi connectivity index (χ4v) is 3.88. The van der Waals surface area contributed by atoms with E-state index in [1.807, 2.05) is 31.2 Å². The molecule has 0 unspecified atom stereocenters. The normalized spacial score (nSPS) is 12.2. The summed E-state index contributed by atoms with van der Waals surface area (Å²) in [6, 6.07) is 14.9. The van der Waals surface area contributed by atoms with Gasteiger partial charge in [-0.05, 0) is 37.1 Å². The van der Waals surface area contributed by atoms with Crippen molar-refractivity contribution in [3.63, 3.8) is 0 Å². The van der Waals surface area contributed by atoms with E-state index in [4.69, 9.17) is 4.74 Å². The summed E-state index contributed by atoms with van der Waals surface area (Å²) >= 11 is 0. The van der Waals surface area contributed by atoms with E-state index in [-0.39, 0.29) is 18.2 Å². The van der Waals surface area contributed by atoms with Crippen LogP contribution >= 0.6 is 0 Å². The van der Waals surface area contributed by atoms with Gasteiger partial charge in [0.1, 0.15) is 15.6 Å². The number of benzene rings is 2. The lowest BCUT2D eigenvalue weighted by Gasteiger charge is -2.22. The minimum atomic E-state index is -3.12. The summed E-state index contributed by atoms with van der Waals surface area (Å²) in [5, 5.41) is 8.24. The van der Waals surface area contributed by atoms with E-state index in [1.54, 1.807) is 36.3 Å². The maximum absolute atomic E-state index is 13.2. The molecule has 1 aromatic heterocycles. The van der Waals surface area contributed by atoms with Crippen LogP contribution in [0.3, 0.4) is 0 Å². The molecule has 3 aromatic rings. The summed E-state index contributed by atoms with van der Waals surface area (Å²) in [5.41, 5.74) is 2.96. The summed E-state index contributed by atoms with van der Waals surface area (Å²) in [7, 11) is -1.56. The number of aromatic amines is 1. The highest BCUT2D eigenvalue weighted by Crippen LogP contribution is 2.25. The van der Waals surface area contributed by atoms with Gasteiger partial charge >= 0.3 is 0 Å². The predicted octanol–water partition coefficient (Wildman–Crippen LogP) is 3.44. The number of fused-ring (bicyclic) bond motifs is 1. The van der Waals surface area contributed by atoms with Crippen molar-refractivity contribution in [2.75, 3.05) is 30.6 Å². The number of hydrogen-bond acceptors (Lipinski definition) is 5. The Morgan fingerprint density at radius 2 is 1.97 bits per heavy atom. The molecule has 7 nitrogen and oxygen atoms in total. The molecule has 0 saturated heterocycles. The number of nitrogens with zero attached hydrogens (tertiary/aromatic N) is 2. The van der Waals surface area contributed by atoms with E-state index >= 15 is 0 Å². The number of aromatic nitrogens is 2. The molecule has 1 amide bonds. The van der Waals surface area contributed by atoms with Crippen molar-refractivity contribution in [1.82, 2.24) is 10.2 Å². The Morgan fingerprint density at radius 3 is 2.70 bits per heavy atom. The van der Waals surface area contributed by atoms with E-state index in [0.29, 0.717) is 29.1 Å². The summed E-state index contributed by atoms with van der Waals surface area (Å²) in [5.74, 6) is 0.377. The lowest BCUT2D eigenvalue weighted by atomic mass is 10.1. The van der Waals surface area contributed by atoms with Gasteiger partial charge in [0.2, 0.25) is 0 Å². The Bertz CT molecular complexity index is 1180. The quantitative estimate of drug-likeness (QED) is 0.556. The van der Waals surface area contributed by atoms with Crippen LogP contribution < -0.4 is 9.64 Å². The molecule has 3 rings (SSSR count). The Labute approximate surface area is 176 Å². The molecule has 2 aromatic carbocycles. The number of nitrogens with one attached hydrogen (secondary N) is 1. The Kier molecular flexibility index (Phi) is 6.56. The molecular weight excluding hydrogens is 402 g/mol. The van der Waals surface area contributed by atoms with Crippen LogP contribution in [0.5, 0.6) is 5.75 Å². The lowest BCUT2D eigenvalue weighted by Crippen LogP contribution is -2.31. The molecule has 0 aliphatic carbocycles. The van der Waals surface area contributed by atoms with E-state index in [2.05, 4.69) is 10.2 Å². The van der Waals surface area contributed by atoms with Crippen LogP contribution in [0.1, 0.15) is 19.0 Å². The number of amides is 1. The summed E-state index contributed by atoms with van der Waals surface area (Å²) < 4.78 is 28.3. The fraction of sp³-hybridized carbons (Fsp3) is 0.273. The third-order valence-corrected chi connectivity index (χ3v) is 5.74. The van der Waals surface area contributed by atoms with Gasteiger partial charge in [0, 0.05) is 36.0 Å². The van der Waals surface area contributed by atoms with Crippen LogP contribution in [-0.2, 0) is 14.6 Å². The minimum absolute atomic E-state index is 0.00739. The number of rotatable bonds is 8. The Morgan fingerprint density at radius 1 is 1.20 bits per heavy atom. The molecule has 0 atom stereocenters. The first kappa shape index (κ1) is 21.6. The third-order valence-electron chi connectivity index (χ3n) is 4.71. The van der Waals surface area contributed by atoms with Crippen molar-refractivity contribution < 1.29 is 17.9 Å². The molecule has 0 aliphatic rings. The highest BCUT2D eigenvalue weighted by atomic mass is 32.2. The standard InChI is InChI=1S/C22H25N3O4S/c1-16(22-19-10-4-5-11-20(19)23-24-22)14-21(26)25(12-7-13-30(3,27)28)17-8-6-9-18(15-17)29-2/h4-6,8-11,14-15H,7,12-13H2,1-3H3,(H,23,24). The zero-order valence-electron chi connectivity index (χ0n) is 17.3. The van der Waals surface area contributed by atoms with Crippen molar-refractivity contribution in [3.05, 3.63) is 60.3 Å². The number of anilines is 1. The van der Waals surface area contributed by atoms with Gasteiger partial charge in [-0.1, -0.05) is 24.3 Å². The third kappa shape index (κ3) is 5.27. The Hall–Kier alpha value is -3.13. The molecule has 0 aliphatic heterocycles. The molecule has 1 N–H and O–H groups in total. The summed E-state index contributed by atoms with van der Waals surface area (Å²) in [6.45, 7) is 2.10. The van der Waals surface area contributed by atoms with Gasteiger partial charge in [0.15, 0.2) is 0 Å². The highest BCUT2D eigenvalue weighted by molar-refractivity contribution is 7.90. The average Bonchev–Trinajstić information content (AvgIpc) is 3.14. The first-order valence-electron chi connectivity index (χ1n) is 9.53. The number of ether oxygens (including phenoxy) is 1. The second-order valence-electron chi connectivity index (χ2n) is 7.12. The Balaban J connectivity index is 1.91. The smallest absolute Gasteiger partial charge is 0.251 e. The van der Waals surface area contributed by atoms with Crippen LogP contribution in [0, 0.1) is 0 Å². The predicted molar refractivity (Wildman–Crippen MR) is 119 cm³/mol. The van der Waals surface area contributed by atoms with Crippen molar-refractivity contribution in [2.24, 2.45) is 0 Å². The minimum Gasteiger partial charge on any atom is -0.497 e. The van der Waals surface area contributed by atoms with Crippen molar-refractivity contribution in [1.29, 1.82) is 0 Å². The van der Waals surface area contributed by atoms with Gasteiger partial charge < -0.3 is 9.64 Å². The zero-order valence-corrected chi connectivity index (χ0v) is 18.1. The molecule has 0 radical (unpaired) electrons. The van der Waals surface area contributed by atoms with Gasteiger partial charge in [0.25, 0.3) is 5.91 Å². The van der Waals surface area contributed by atoms with Crippen molar-refractivity contribution in [3.8, 4) is 5.75 Å². The molecule has 158 valence electrons. The first-order chi connectivity index (χ1) is 14.3. The largest absolute Gasteiger partial charge is 0.497 e. The van der Waals surface area contributed by atoms with Crippen LogP contribution in [0.4, 0.5) is 5.69 Å². The topological polar surface area (TPSA) is 92.4 Å². The van der Waals surface area contributed by atoms with Gasteiger partial charge in [-0.2, -0.15) is 5.10 Å². The first-order valence-corrected chi connectivity index (χ1v) is 11.6. The van der Waals surface area contributed by atoms with Gasteiger partial charge in [-0.3, -0.25) is 9.89 Å². The molecule has 0 spiro atoms. The van der Waals surface area contributed by atoms with Gasteiger partial charge in [-0.15, -0.1) is 0 Å². The molecule has 0 fully saturated rings. The molecule has 0 saturated carbocycles. The number of sulfone groups is 1. The highest BCUT2D eigenvalue weighted by Gasteiger charge is 2.17. The van der Waals surface area contributed by atoms with E-state index in [1.165, 1.54) is 12.3 Å². The van der Waals surface area contributed by atoms with E-state index in [9.17, 15) is 13.2 Å². The van der Waals surface area contributed by atoms with Gasteiger partial charge in [0.05, 0.1) is 24.1 Å². The number of carbonyl (C=O) groups is 1. The number of H-pyrrole nitrogens is 1. The van der Waals surface area contributed by atoms with E-state index in [0.717, 1.165) is 10.9 Å². The van der Waals surface area contributed by atoms with Crippen LogP contribution in [0.25, 0.3) is 16.5 Å². The SMILES string of the molecule is COc1cccc(N(CCCS(C)(=O)=O)C(=O)C=C(C)c2n[nH]c3ccccc23)c1. The van der Waals surface area contributed by atoms with Crippen LogP contribution in [-0.4, -0.2) is 50.2 Å². The summed E-state index contributed by atoms with van der Waals surface area (Å²) in [4.78, 5) is 14.7. The maximum Gasteiger partial charge on any atom is 0.251 e. The monoisotopic (exact) mass is 427 g/mol. The fourth-order valence-electron chi connectivity index (χ4n) is 3.23. The number of carbonyl (C=O) groups excluding carboxylic acids is 1. The second-order valence-corrected chi connectivity index (χ2v) is 9.38. The number of hydrogen-bond donors (Lipinski definition) is 1. The van der Waals surface area contributed by atoms with Crippen molar-refractivity contribution >= 4 is 37.9 Å². The number of methoxy groups -OCH3 is 1. The lowest BCUT2D eigenvalue weighted by molar-refractivity contribution is -0.114.